The van der Waals surface area contributed by atoms with E-state index in [2.05, 4.69) is 0 Å². The van der Waals surface area contributed by atoms with Crippen LogP contribution in [-0.2, 0) is 20.9 Å². The molecular formula is C14H17NO3S. The van der Waals surface area contributed by atoms with Crippen molar-refractivity contribution in [3.63, 3.8) is 0 Å². The maximum absolute atomic E-state index is 12.0. The average Bonchev–Trinajstić information content (AvgIpc) is 2.85. The van der Waals surface area contributed by atoms with Gasteiger partial charge < -0.3 is 9.29 Å². The largest absolute Gasteiger partial charge is 0.598 e. The molecule has 0 N–H and O–H groups in total. The van der Waals surface area contributed by atoms with Gasteiger partial charge in [0.15, 0.2) is 0 Å². The van der Waals surface area contributed by atoms with E-state index >= 15 is 0 Å². The highest BCUT2D eigenvalue weighted by Gasteiger charge is 2.38. The highest BCUT2D eigenvalue weighted by molar-refractivity contribution is 7.88. The maximum atomic E-state index is 12.0. The summed E-state index contributed by atoms with van der Waals surface area (Å²) in [7, 11) is 0. The van der Waals surface area contributed by atoms with Crippen LogP contribution in [0.5, 0.6) is 0 Å². The maximum Gasteiger partial charge on any atom is 0.335 e. The highest BCUT2D eigenvalue weighted by atomic mass is 32.2. The molecule has 1 aromatic rings. The molecule has 0 saturated heterocycles. The monoisotopic (exact) mass is 279 g/mol. The summed E-state index contributed by atoms with van der Waals surface area (Å²) >= 11 is -1.14. The third-order valence-electron chi connectivity index (χ3n) is 3.03. The number of esters is 1. The van der Waals surface area contributed by atoms with Crippen molar-refractivity contribution in [3.8, 4) is 0 Å². The molecule has 2 atom stereocenters. The number of ether oxygens (including phenoxy) is 1. The first-order valence-electron chi connectivity index (χ1n) is 6.17. The lowest BCUT2D eigenvalue weighted by Gasteiger charge is -2.25. The summed E-state index contributed by atoms with van der Waals surface area (Å²) in [5, 5.41) is 0. The molecule has 4 nitrogen and oxygen atoms in total. The van der Waals surface area contributed by atoms with Crippen LogP contribution in [0.1, 0.15) is 18.5 Å². The summed E-state index contributed by atoms with van der Waals surface area (Å²) in [5.41, 5.74) is 1.53. The molecule has 0 spiro atoms. The minimum atomic E-state index is -1.14. The van der Waals surface area contributed by atoms with Crippen LogP contribution in [0.2, 0.25) is 0 Å². The van der Waals surface area contributed by atoms with Crippen LogP contribution in [0.3, 0.4) is 0 Å². The summed E-state index contributed by atoms with van der Waals surface area (Å²) in [5.74, 6) is -0.329. The van der Waals surface area contributed by atoms with Crippen molar-refractivity contribution in [3.05, 3.63) is 47.5 Å². The van der Waals surface area contributed by atoms with Crippen molar-refractivity contribution in [2.45, 2.75) is 13.0 Å². The SMILES string of the molecule is CCOC(=O)C1=CCN([S@@+](C)[O-])[C@@H]1c1ccccc1. The van der Waals surface area contributed by atoms with Crippen LogP contribution < -0.4 is 0 Å². The lowest BCUT2D eigenvalue weighted by atomic mass is 10.0. The number of carbonyl (C=O) groups is 1. The Morgan fingerprint density at radius 3 is 2.74 bits per heavy atom. The van der Waals surface area contributed by atoms with Gasteiger partial charge in [0.1, 0.15) is 12.3 Å². The van der Waals surface area contributed by atoms with Crippen molar-refractivity contribution in [1.82, 2.24) is 4.31 Å². The van der Waals surface area contributed by atoms with Crippen molar-refractivity contribution >= 4 is 17.3 Å². The van der Waals surface area contributed by atoms with Gasteiger partial charge in [0, 0.05) is 11.4 Å². The Morgan fingerprint density at radius 2 is 2.16 bits per heavy atom. The van der Waals surface area contributed by atoms with Gasteiger partial charge >= 0.3 is 5.97 Å². The van der Waals surface area contributed by atoms with Crippen LogP contribution in [0.25, 0.3) is 0 Å². The predicted octanol–water partition coefficient (Wildman–Crippen LogP) is 1.83. The van der Waals surface area contributed by atoms with E-state index in [0.717, 1.165) is 5.56 Å². The summed E-state index contributed by atoms with van der Waals surface area (Å²) in [4.78, 5) is 12.0. The van der Waals surface area contributed by atoms with Crippen LogP contribution in [0, 0.1) is 0 Å². The Morgan fingerprint density at radius 1 is 1.47 bits per heavy atom. The van der Waals surface area contributed by atoms with Gasteiger partial charge in [-0.25, -0.2) is 4.79 Å². The zero-order valence-corrected chi connectivity index (χ0v) is 11.9. The topological polar surface area (TPSA) is 52.6 Å². The smallest absolute Gasteiger partial charge is 0.335 e. The van der Waals surface area contributed by atoms with E-state index < -0.39 is 11.4 Å². The second-order valence-corrected chi connectivity index (χ2v) is 5.53. The van der Waals surface area contributed by atoms with Gasteiger partial charge in [0.2, 0.25) is 0 Å². The summed E-state index contributed by atoms with van der Waals surface area (Å²) in [6, 6.07) is 9.32. The van der Waals surface area contributed by atoms with Gasteiger partial charge in [-0.2, -0.15) is 0 Å². The van der Waals surface area contributed by atoms with Crippen molar-refractivity contribution < 1.29 is 14.1 Å². The van der Waals surface area contributed by atoms with Crippen LogP contribution in [-0.4, -0.2) is 34.2 Å². The van der Waals surface area contributed by atoms with E-state index in [-0.39, 0.29) is 12.0 Å². The molecule has 0 aliphatic carbocycles. The summed E-state index contributed by atoms with van der Waals surface area (Å²) < 4.78 is 18.7. The second-order valence-electron chi connectivity index (χ2n) is 4.22. The van der Waals surface area contributed by atoms with Crippen molar-refractivity contribution in [2.24, 2.45) is 0 Å². The first-order valence-corrected chi connectivity index (χ1v) is 7.69. The van der Waals surface area contributed by atoms with E-state index in [1.807, 2.05) is 30.3 Å². The molecular weight excluding hydrogens is 262 g/mol. The zero-order chi connectivity index (χ0) is 13.8. The molecule has 0 amide bonds. The molecule has 5 heteroatoms. The lowest BCUT2D eigenvalue weighted by molar-refractivity contribution is -0.138. The fraction of sp³-hybridized carbons (Fsp3) is 0.357. The first-order chi connectivity index (χ1) is 9.15. The Hall–Kier alpha value is -1.30. The predicted molar refractivity (Wildman–Crippen MR) is 74.7 cm³/mol. The number of hydrogen-bond acceptors (Lipinski definition) is 4. The summed E-state index contributed by atoms with van der Waals surface area (Å²) in [6.07, 6.45) is 3.43. The zero-order valence-electron chi connectivity index (χ0n) is 11.0. The van der Waals surface area contributed by atoms with Gasteiger partial charge in [-0.3, -0.25) is 0 Å². The normalized spacial score (nSPS) is 21.0. The molecule has 0 bridgehead atoms. The molecule has 0 fully saturated rings. The molecule has 1 aromatic carbocycles. The Labute approximate surface area is 116 Å². The standard InChI is InChI=1S/C14H17NO3S/c1-3-18-14(16)12-9-10-15(19(2)17)13(12)11-7-5-4-6-8-11/h4-9,13H,3,10H2,1-2H3/t13-,19-/m1/s1. The van der Waals surface area contributed by atoms with Crippen LogP contribution >= 0.6 is 0 Å². The van der Waals surface area contributed by atoms with E-state index in [9.17, 15) is 9.35 Å². The fourth-order valence-corrected chi connectivity index (χ4v) is 3.02. The Bertz CT molecular complexity index is 473. The third kappa shape index (κ3) is 3.00. The van der Waals surface area contributed by atoms with Gasteiger partial charge in [-0.15, -0.1) is 4.31 Å². The van der Waals surface area contributed by atoms with Crippen molar-refractivity contribution in [1.29, 1.82) is 0 Å². The Kier molecular flexibility index (Phi) is 4.63. The molecule has 0 unspecified atom stereocenters. The fourth-order valence-electron chi connectivity index (χ4n) is 2.20. The van der Waals surface area contributed by atoms with Gasteiger partial charge in [-0.1, -0.05) is 36.4 Å². The molecule has 19 heavy (non-hydrogen) atoms. The molecule has 1 aliphatic heterocycles. The van der Waals surface area contributed by atoms with Gasteiger partial charge in [0.25, 0.3) is 0 Å². The number of hydrogen-bond donors (Lipinski definition) is 0. The number of rotatable bonds is 4. The van der Waals surface area contributed by atoms with Gasteiger partial charge in [0.05, 0.1) is 18.7 Å². The molecule has 0 aromatic heterocycles. The Balaban J connectivity index is 2.31. The van der Waals surface area contributed by atoms with Crippen molar-refractivity contribution in [2.75, 3.05) is 19.4 Å². The van der Waals surface area contributed by atoms with E-state index in [1.54, 1.807) is 23.6 Å². The second kappa shape index (κ2) is 6.23. The van der Waals surface area contributed by atoms with E-state index in [0.29, 0.717) is 18.7 Å². The summed E-state index contributed by atoms with van der Waals surface area (Å²) in [6.45, 7) is 2.62. The molecule has 102 valence electrons. The molecule has 0 radical (unpaired) electrons. The minimum absolute atomic E-state index is 0.286. The third-order valence-corrected chi connectivity index (χ3v) is 4.05. The van der Waals surface area contributed by atoms with Gasteiger partial charge in [-0.05, 0) is 12.5 Å². The van der Waals surface area contributed by atoms with E-state index in [4.69, 9.17) is 4.74 Å². The van der Waals surface area contributed by atoms with Crippen LogP contribution in [0.4, 0.5) is 0 Å². The highest BCUT2D eigenvalue weighted by Crippen LogP contribution is 2.35. The lowest BCUT2D eigenvalue weighted by Crippen LogP contribution is -2.32. The quantitative estimate of drug-likeness (QED) is 0.623. The molecule has 2 rings (SSSR count). The molecule has 0 saturated carbocycles. The van der Waals surface area contributed by atoms with Crippen LogP contribution in [0.15, 0.2) is 42.0 Å². The van der Waals surface area contributed by atoms with E-state index in [1.165, 1.54) is 0 Å². The molecule has 1 aliphatic rings. The average molecular weight is 279 g/mol. The number of carbonyl (C=O) groups excluding carboxylic acids is 1. The molecule has 1 heterocycles. The minimum Gasteiger partial charge on any atom is -0.598 e. The first kappa shape index (κ1) is 14.1. The number of nitrogens with zero attached hydrogens (tertiary/aromatic N) is 1. The number of benzene rings is 1.